The number of rotatable bonds is 10. The van der Waals surface area contributed by atoms with Crippen LogP contribution in [-0.4, -0.2) is 5.78 Å². The van der Waals surface area contributed by atoms with Crippen LogP contribution in [0.3, 0.4) is 0 Å². The third kappa shape index (κ3) is 10.00. The molecule has 0 aromatic rings. The fraction of sp³-hybridized carbons (Fsp3) is 0.737. The van der Waals surface area contributed by atoms with E-state index in [0.29, 0.717) is 0 Å². The van der Waals surface area contributed by atoms with Gasteiger partial charge >= 0.3 is 0 Å². The maximum Gasteiger partial charge on any atom is 0.158 e. The van der Waals surface area contributed by atoms with Gasteiger partial charge in [0.05, 0.1) is 0 Å². The van der Waals surface area contributed by atoms with Gasteiger partial charge in [-0.05, 0) is 36.8 Å². The summed E-state index contributed by atoms with van der Waals surface area (Å²) in [5, 5.41) is 0. The number of hydrogen-bond acceptors (Lipinski definition) is 1. The van der Waals surface area contributed by atoms with E-state index in [4.69, 9.17) is 0 Å². The molecule has 0 fully saturated rings. The molecular formula is C19H34O. The van der Waals surface area contributed by atoms with Gasteiger partial charge in [-0.3, -0.25) is 4.79 Å². The molecule has 0 aliphatic rings. The van der Waals surface area contributed by atoms with Gasteiger partial charge in [-0.2, -0.15) is 0 Å². The van der Waals surface area contributed by atoms with Crippen molar-refractivity contribution in [2.45, 2.75) is 73.6 Å². The Kier molecular flexibility index (Phi) is 10.4. The van der Waals surface area contributed by atoms with Crippen molar-refractivity contribution in [3.05, 3.63) is 23.8 Å². The zero-order chi connectivity index (χ0) is 15.5. The highest BCUT2D eigenvalue weighted by atomic mass is 16.1. The van der Waals surface area contributed by atoms with E-state index in [2.05, 4.69) is 32.9 Å². The van der Waals surface area contributed by atoms with E-state index in [1.165, 1.54) is 25.7 Å². The molecule has 0 saturated carbocycles. The van der Waals surface area contributed by atoms with Gasteiger partial charge < -0.3 is 0 Å². The van der Waals surface area contributed by atoms with Gasteiger partial charge in [0.25, 0.3) is 0 Å². The number of allylic oxidation sites excluding steroid dienone is 4. The van der Waals surface area contributed by atoms with Crippen molar-refractivity contribution in [1.29, 1.82) is 0 Å². The van der Waals surface area contributed by atoms with Crippen LogP contribution in [0.4, 0.5) is 0 Å². The molecule has 1 nitrogen and oxygen atoms in total. The molecule has 0 saturated heterocycles. The van der Waals surface area contributed by atoms with Gasteiger partial charge in [0.1, 0.15) is 0 Å². The Balaban J connectivity index is 3.96. The predicted octanol–water partition coefficient (Wildman–Crippen LogP) is 5.96. The van der Waals surface area contributed by atoms with Crippen LogP contribution in [0, 0.1) is 17.8 Å². The van der Waals surface area contributed by atoms with E-state index in [1.807, 2.05) is 20.8 Å². The van der Waals surface area contributed by atoms with Crippen molar-refractivity contribution in [3.8, 4) is 0 Å². The average molecular weight is 278 g/mol. The molecule has 0 heterocycles. The summed E-state index contributed by atoms with van der Waals surface area (Å²) < 4.78 is 0. The second-order valence-corrected chi connectivity index (χ2v) is 6.63. The van der Waals surface area contributed by atoms with Crippen LogP contribution in [0.5, 0.6) is 0 Å². The van der Waals surface area contributed by atoms with Gasteiger partial charge in [-0.15, -0.1) is 0 Å². The molecule has 1 heteroatoms. The summed E-state index contributed by atoms with van der Waals surface area (Å²) in [6.07, 6.45) is 12.5. The highest BCUT2D eigenvalue weighted by Crippen LogP contribution is 2.17. The third-order valence-electron chi connectivity index (χ3n) is 3.95. The molecule has 2 unspecified atom stereocenters. The normalized spacial score (nSPS) is 15.8. The monoisotopic (exact) mass is 278 g/mol. The van der Waals surface area contributed by atoms with Crippen LogP contribution in [0.25, 0.3) is 0 Å². The second-order valence-electron chi connectivity index (χ2n) is 6.63. The lowest BCUT2D eigenvalue weighted by Crippen LogP contribution is -2.02. The summed E-state index contributed by atoms with van der Waals surface area (Å²) >= 11 is 0. The Labute approximate surface area is 126 Å². The molecule has 0 rings (SSSR count). The van der Waals surface area contributed by atoms with Crippen LogP contribution >= 0.6 is 0 Å². The molecule has 2 atom stereocenters. The lowest BCUT2D eigenvalue weighted by atomic mass is 9.95. The highest BCUT2D eigenvalue weighted by Gasteiger charge is 2.04. The number of carbonyl (C=O) groups is 1. The molecule has 0 radical (unpaired) electrons. The zero-order valence-electron chi connectivity index (χ0n) is 14.4. The second kappa shape index (κ2) is 10.9. The smallest absolute Gasteiger partial charge is 0.158 e. The first-order valence-corrected chi connectivity index (χ1v) is 8.25. The first kappa shape index (κ1) is 19.1. The van der Waals surface area contributed by atoms with Crippen LogP contribution < -0.4 is 0 Å². The van der Waals surface area contributed by atoms with E-state index in [1.54, 1.807) is 6.08 Å². The van der Waals surface area contributed by atoms with Crippen LogP contribution in [0.2, 0.25) is 0 Å². The number of carbonyl (C=O) groups excluding carboxylic acids is 1. The SMILES string of the molecule is CCC(C)CCCC(C)C/C=C/C(C)=C/C(=O)C(C)C. The zero-order valence-corrected chi connectivity index (χ0v) is 14.4. The Morgan fingerprint density at radius 3 is 2.20 bits per heavy atom. The number of hydrogen-bond donors (Lipinski definition) is 0. The van der Waals surface area contributed by atoms with E-state index < -0.39 is 0 Å². The molecule has 116 valence electrons. The minimum Gasteiger partial charge on any atom is -0.295 e. The summed E-state index contributed by atoms with van der Waals surface area (Å²) in [4.78, 5) is 11.6. The minimum atomic E-state index is 0.0952. The molecule has 0 bridgehead atoms. The molecule has 20 heavy (non-hydrogen) atoms. The fourth-order valence-electron chi connectivity index (χ4n) is 2.06. The maximum atomic E-state index is 11.6. The van der Waals surface area contributed by atoms with Crippen LogP contribution in [0.1, 0.15) is 73.6 Å². The van der Waals surface area contributed by atoms with E-state index >= 15 is 0 Å². The van der Waals surface area contributed by atoms with Crippen molar-refractivity contribution in [1.82, 2.24) is 0 Å². The quantitative estimate of drug-likeness (QED) is 0.356. The molecule has 0 aromatic carbocycles. The molecular weight excluding hydrogens is 244 g/mol. The van der Waals surface area contributed by atoms with Crippen molar-refractivity contribution in [2.75, 3.05) is 0 Å². The summed E-state index contributed by atoms with van der Waals surface area (Å²) in [5.74, 6) is 1.92. The maximum absolute atomic E-state index is 11.6. The van der Waals surface area contributed by atoms with Crippen molar-refractivity contribution >= 4 is 5.78 Å². The molecule has 0 aliphatic heterocycles. The fourth-order valence-corrected chi connectivity index (χ4v) is 2.06. The Bertz CT molecular complexity index is 323. The van der Waals surface area contributed by atoms with Gasteiger partial charge in [-0.25, -0.2) is 0 Å². The predicted molar refractivity (Wildman–Crippen MR) is 89.8 cm³/mol. The summed E-state index contributed by atoms with van der Waals surface area (Å²) in [7, 11) is 0. The Morgan fingerprint density at radius 2 is 1.65 bits per heavy atom. The molecule has 0 N–H and O–H groups in total. The largest absolute Gasteiger partial charge is 0.295 e. The average Bonchev–Trinajstić information content (AvgIpc) is 2.38. The van der Waals surface area contributed by atoms with Crippen molar-refractivity contribution in [3.63, 3.8) is 0 Å². The number of ketones is 1. The summed E-state index contributed by atoms with van der Waals surface area (Å²) in [5.41, 5.74) is 1.07. The first-order chi connectivity index (χ1) is 9.36. The van der Waals surface area contributed by atoms with Crippen molar-refractivity contribution in [2.24, 2.45) is 17.8 Å². The summed E-state index contributed by atoms with van der Waals surface area (Å²) in [6.45, 7) is 12.8. The van der Waals surface area contributed by atoms with Gasteiger partial charge in [-0.1, -0.05) is 72.5 Å². The highest BCUT2D eigenvalue weighted by molar-refractivity contribution is 5.92. The first-order valence-electron chi connectivity index (χ1n) is 8.25. The van der Waals surface area contributed by atoms with E-state index in [-0.39, 0.29) is 11.7 Å². The van der Waals surface area contributed by atoms with Gasteiger partial charge in [0.15, 0.2) is 5.78 Å². The Hall–Kier alpha value is -0.850. The molecule has 0 aliphatic carbocycles. The summed E-state index contributed by atoms with van der Waals surface area (Å²) in [6, 6.07) is 0. The van der Waals surface area contributed by atoms with E-state index in [0.717, 1.165) is 23.8 Å². The lowest BCUT2D eigenvalue weighted by Gasteiger charge is -2.11. The standard InChI is InChI=1S/C19H34O/c1-7-16(4)10-8-11-17(5)12-9-13-18(6)14-19(20)15(2)3/h9,13-17H,7-8,10-12H2,1-6H3/b13-9+,18-14+. The van der Waals surface area contributed by atoms with Gasteiger partial charge in [0.2, 0.25) is 0 Å². The lowest BCUT2D eigenvalue weighted by molar-refractivity contribution is -0.117. The topological polar surface area (TPSA) is 17.1 Å². The third-order valence-corrected chi connectivity index (χ3v) is 3.95. The minimum absolute atomic E-state index is 0.0952. The Morgan fingerprint density at radius 1 is 1.05 bits per heavy atom. The molecule has 0 amide bonds. The van der Waals surface area contributed by atoms with Gasteiger partial charge in [0, 0.05) is 5.92 Å². The van der Waals surface area contributed by atoms with E-state index in [9.17, 15) is 4.79 Å². The molecule has 0 spiro atoms. The molecule has 0 aromatic heterocycles. The van der Waals surface area contributed by atoms with Crippen molar-refractivity contribution < 1.29 is 4.79 Å². The van der Waals surface area contributed by atoms with Crippen LogP contribution in [0.15, 0.2) is 23.8 Å². The van der Waals surface area contributed by atoms with Crippen LogP contribution in [-0.2, 0) is 4.79 Å².